The molecule has 0 unspecified atom stereocenters. The van der Waals surface area contributed by atoms with Crippen molar-refractivity contribution in [2.24, 2.45) is 7.05 Å². The van der Waals surface area contributed by atoms with E-state index in [9.17, 15) is 9.59 Å². The van der Waals surface area contributed by atoms with Crippen molar-refractivity contribution in [1.29, 1.82) is 0 Å². The van der Waals surface area contributed by atoms with Crippen LogP contribution in [0.25, 0.3) is 0 Å². The van der Waals surface area contributed by atoms with Crippen molar-refractivity contribution in [2.45, 2.75) is 25.7 Å². The van der Waals surface area contributed by atoms with Crippen LogP contribution in [-0.4, -0.2) is 33.5 Å². The first-order chi connectivity index (χ1) is 13.5. The predicted octanol–water partition coefficient (Wildman–Crippen LogP) is 3.14. The van der Waals surface area contributed by atoms with Gasteiger partial charge in [-0.15, -0.1) is 0 Å². The summed E-state index contributed by atoms with van der Waals surface area (Å²) < 4.78 is 1.72. The normalized spacial score (nSPS) is 11.8. The highest BCUT2D eigenvalue weighted by molar-refractivity contribution is 5.99. The van der Waals surface area contributed by atoms with Crippen LogP contribution in [0.4, 0.5) is 0 Å². The third-order valence-electron chi connectivity index (χ3n) is 4.75. The number of aromatic nitrogens is 3. The third-order valence-corrected chi connectivity index (χ3v) is 4.75. The Morgan fingerprint density at radius 2 is 1.89 bits per heavy atom. The van der Waals surface area contributed by atoms with Gasteiger partial charge in [-0.25, -0.2) is 4.98 Å². The molecule has 144 valence electrons. The second-order valence-corrected chi connectivity index (χ2v) is 6.78. The SMILES string of the molecule is CNC(=O)c1cc(C(=O)CCc2ccn(C)n2)cc([C@@H](C)c2ccccc2)n1. The number of carbonyl (C=O) groups is 2. The van der Waals surface area contributed by atoms with Crippen molar-refractivity contribution in [3.05, 3.63) is 82.9 Å². The summed E-state index contributed by atoms with van der Waals surface area (Å²) in [5.41, 5.74) is 3.41. The summed E-state index contributed by atoms with van der Waals surface area (Å²) in [7, 11) is 3.40. The molecule has 0 fully saturated rings. The maximum atomic E-state index is 12.8. The molecule has 0 aliphatic heterocycles. The van der Waals surface area contributed by atoms with Crippen LogP contribution in [0.3, 0.4) is 0 Å². The highest BCUT2D eigenvalue weighted by Gasteiger charge is 2.18. The minimum atomic E-state index is -0.305. The van der Waals surface area contributed by atoms with E-state index < -0.39 is 0 Å². The van der Waals surface area contributed by atoms with E-state index in [-0.39, 0.29) is 23.3 Å². The van der Waals surface area contributed by atoms with Gasteiger partial charge in [0.1, 0.15) is 5.69 Å². The number of rotatable bonds is 7. The van der Waals surface area contributed by atoms with Gasteiger partial charge in [0.2, 0.25) is 0 Å². The van der Waals surface area contributed by atoms with E-state index in [1.54, 1.807) is 23.9 Å². The zero-order valence-corrected chi connectivity index (χ0v) is 16.3. The minimum absolute atomic E-state index is 0.0280. The summed E-state index contributed by atoms with van der Waals surface area (Å²) in [4.78, 5) is 29.5. The van der Waals surface area contributed by atoms with Crippen LogP contribution in [0, 0.1) is 0 Å². The van der Waals surface area contributed by atoms with Crippen LogP contribution in [-0.2, 0) is 13.5 Å². The summed E-state index contributed by atoms with van der Waals surface area (Å²) in [5, 5.41) is 6.90. The van der Waals surface area contributed by atoms with Crippen molar-refractivity contribution in [3.8, 4) is 0 Å². The highest BCUT2D eigenvalue weighted by atomic mass is 16.1. The van der Waals surface area contributed by atoms with Crippen LogP contribution in [0.2, 0.25) is 0 Å². The number of benzene rings is 1. The first kappa shape index (κ1) is 19.5. The number of hydrogen-bond donors (Lipinski definition) is 1. The molecule has 1 N–H and O–H groups in total. The second kappa shape index (κ2) is 8.61. The smallest absolute Gasteiger partial charge is 0.269 e. The van der Waals surface area contributed by atoms with Crippen LogP contribution >= 0.6 is 0 Å². The van der Waals surface area contributed by atoms with Crippen LogP contribution in [0.1, 0.15) is 57.1 Å². The third kappa shape index (κ3) is 4.52. The predicted molar refractivity (Wildman–Crippen MR) is 107 cm³/mol. The number of ketones is 1. The Morgan fingerprint density at radius 3 is 2.54 bits per heavy atom. The Labute approximate surface area is 164 Å². The average Bonchev–Trinajstić information content (AvgIpc) is 3.16. The van der Waals surface area contributed by atoms with Gasteiger partial charge >= 0.3 is 0 Å². The molecule has 0 bridgehead atoms. The van der Waals surface area contributed by atoms with E-state index in [1.807, 2.05) is 56.6 Å². The largest absolute Gasteiger partial charge is 0.354 e. The molecule has 0 aliphatic carbocycles. The highest BCUT2D eigenvalue weighted by Crippen LogP contribution is 2.24. The number of nitrogens with zero attached hydrogens (tertiary/aromatic N) is 3. The number of hydrogen-bond acceptors (Lipinski definition) is 4. The molecule has 1 amide bonds. The summed E-state index contributed by atoms with van der Waals surface area (Å²) in [6, 6.07) is 15.2. The first-order valence-corrected chi connectivity index (χ1v) is 9.28. The van der Waals surface area contributed by atoms with Gasteiger partial charge in [0, 0.05) is 43.9 Å². The molecular weight excluding hydrogens is 352 g/mol. The Hall–Kier alpha value is -3.28. The lowest BCUT2D eigenvalue weighted by Crippen LogP contribution is -2.21. The van der Waals surface area contributed by atoms with Gasteiger partial charge in [-0.3, -0.25) is 14.3 Å². The quantitative estimate of drug-likeness (QED) is 0.643. The van der Waals surface area contributed by atoms with Crippen molar-refractivity contribution in [2.75, 3.05) is 7.05 Å². The van der Waals surface area contributed by atoms with Crippen molar-refractivity contribution < 1.29 is 9.59 Å². The molecule has 0 saturated carbocycles. The number of pyridine rings is 1. The van der Waals surface area contributed by atoms with Gasteiger partial charge in [-0.05, 0) is 30.2 Å². The van der Waals surface area contributed by atoms with Crippen LogP contribution in [0.5, 0.6) is 0 Å². The van der Waals surface area contributed by atoms with Gasteiger partial charge in [0.05, 0.1) is 5.69 Å². The van der Waals surface area contributed by atoms with E-state index in [0.717, 1.165) is 11.3 Å². The van der Waals surface area contributed by atoms with Crippen molar-refractivity contribution in [3.63, 3.8) is 0 Å². The Bertz CT molecular complexity index is 979. The monoisotopic (exact) mass is 376 g/mol. The van der Waals surface area contributed by atoms with E-state index in [2.05, 4.69) is 15.4 Å². The molecule has 1 aromatic carbocycles. The second-order valence-electron chi connectivity index (χ2n) is 6.78. The molecule has 2 heterocycles. The topological polar surface area (TPSA) is 76.9 Å². The molecule has 0 spiro atoms. The maximum absolute atomic E-state index is 12.8. The Balaban J connectivity index is 1.88. The fraction of sp³-hybridized carbons (Fsp3) is 0.273. The van der Waals surface area contributed by atoms with E-state index in [0.29, 0.717) is 24.1 Å². The lowest BCUT2D eigenvalue weighted by atomic mass is 9.94. The number of Topliss-reactive ketones (excluding diaryl/α,β-unsaturated/α-hetero) is 1. The zero-order valence-electron chi connectivity index (χ0n) is 16.3. The zero-order chi connectivity index (χ0) is 20.1. The van der Waals surface area contributed by atoms with Crippen LogP contribution < -0.4 is 5.32 Å². The number of amides is 1. The Kier molecular flexibility index (Phi) is 5.99. The molecular formula is C22H24N4O2. The summed E-state index contributed by atoms with van der Waals surface area (Å²) >= 11 is 0. The van der Waals surface area contributed by atoms with E-state index in [1.165, 1.54) is 0 Å². The molecule has 0 saturated heterocycles. The standard InChI is InChI=1S/C22H24N4O2/c1-15(16-7-5-4-6-8-16)19-13-17(14-20(24-19)22(28)23-2)21(27)10-9-18-11-12-26(3)25-18/h4-8,11-15H,9-10H2,1-3H3,(H,23,28)/t15-/m0/s1. The summed E-state index contributed by atoms with van der Waals surface area (Å²) in [6.07, 6.45) is 2.74. The molecule has 0 radical (unpaired) electrons. The molecule has 1 atom stereocenters. The average molecular weight is 376 g/mol. The minimum Gasteiger partial charge on any atom is -0.354 e. The summed E-state index contributed by atoms with van der Waals surface area (Å²) in [5.74, 6) is -0.367. The molecule has 3 rings (SSSR count). The number of carbonyl (C=O) groups excluding carboxylic acids is 2. The fourth-order valence-corrected chi connectivity index (χ4v) is 3.07. The maximum Gasteiger partial charge on any atom is 0.269 e. The van der Waals surface area contributed by atoms with Gasteiger partial charge in [0.25, 0.3) is 5.91 Å². The Morgan fingerprint density at radius 1 is 1.14 bits per heavy atom. The molecule has 3 aromatic rings. The van der Waals surface area contributed by atoms with Gasteiger partial charge in [-0.2, -0.15) is 5.10 Å². The van der Waals surface area contributed by atoms with Gasteiger partial charge < -0.3 is 5.32 Å². The molecule has 0 aliphatic rings. The number of nitrogens with one attached hydrogen (secondary N) is 1. The summed E-state index contributed by atoms with van der Waals surface area (Å²) in [6.45, 7) is 2.02. The lowest BCUT2D eigenvalue weighted by molar-refractivity contribution is 0.0958. The van der Waals surface area contributed by atoms with E-state index in [4.69, 9.17) is 0 Å². The van der Waals surface area contributed by atoms with Gasteiger partial charge in [-0.1, -0.05) is 37.3 Å². The first-order valence-electron chi connectivity index (χ1n) is 9.28. The lowest BCUT2D eigenvalue weighted by Gasteiger charge is -2.14. The molecule has 2 aromatic heterocycles. The van der Waals surface area contributed by atoms with Gasteiger partial charge in [0.15, 0.2) is 5.78 Å². The fourth-order valence-electron chi connectivity index (χ4n) is 3.07. The van der Waals surface area contributed by atoms with Crippen molar-refractivity contribution >= 4 is 11.7 Å². The molecule has 28 heavy (non-hydrogen) atoms. The van der Waals surface area contributed by atoms with E-state index >= 15 is 0 Å². The molecule has 6 heteroatoms. The van der Waals surface area contributed by atoms with Crippen molar-refractivity contribution in [1.82, 2.24) is 20.1 Å². The number of aryl methyl sites for hydroxylation is 2. The molecule has 6 nitrogen and oxygen atoms in total. The van der Waals surface area contributed by atoms with Crippen LogP contribution in [0.15, 0.2) is 54.7 Å².